The van der Waals surface area contributed by atoms with Crippen LogP contribution in [-0.4, -0.2) is 39.9 Å². The summed E-state index contributed by atoms with van der Waals surface area (Å²) < 4.78 is 5.35. The second-order valence-electron chi connectivity index (χ2n) is 9.91. The predicted molar refractivity (Wildman–Crippen MR) is 164 cm³/mol. The van der Waals surface area contributed by atoms with E-state index in [4.69, 9.17) is 4.74 Å². The number of carbonyl (C=O) groups is 4. The molecule has 0 aliphatic carbocycles. The van der Waals surface area contributed by atoms with Crippen molar-refractivity contribution in [1.29, 1.82) is 0 Å². The van der Waals surface area contributed by atoms with Crippen molar-refractivity contribution in [3.63, 3.8) is 0 Å². The average Bonchev–Trinajstić information content (AvgIpc) is 3.04. The molecule has 0 aliphatic heterocycles. The van der Waals surface area contributed by atoms with Crippen molar-refractivity contribution in [2.45, 2.75) is 19.1 Å². The summed E-state index contributed by atoms with van der Waals surface area (Å²) in [5.74, 6) is -3.42. The number of aromatic amines is 1. The van der Waals surface area contributed by atoms with Gasteiger partial charge in [0.2, 0.25) is 11.3 Å². The van der Waals surface area contributed by atoms with Gasteiger partial charge in [-0.05, 0) is 47.0 Å². The number of amides is 2. The number of H-pyrrole nitrogens is 1. The largest absolute Gasteiger partial charge is 0.477 e. The van der Waals surface area contributed by atoms with Gasteiger partial charge in [0.25, 0.3) is 5.91 Å². The molecule has 0 spiro atoms. The van der Waals surface area contributed by atoms with Crippen molar-refractivity contribution < 1.29 is 29.0 Å². The predicted octanol–water partition coefficient (Wildman–Crippen LogP) is 4.76. The van der Waals surface area contributed by atoms with Gasteiger partial charge in [-0.1, -0.05) is 72.8 Å². The Labute approximate surface area is 251 Å². The molecule has 0 saturated carbocycles. The van der Waals surface area contributed by atoms with Crippen molar-refractivity contribution in [3.05, 3.63) is 136 Å². The number of carbonyl (C=O) groups excluding carboxylic acids is 3. The van der Waals surface area contributed by atoms with Crippen LogP contribution in [0.5, 0.6) is 0 Å². The van der Waals surface area contributed by atoms with Crippen LogP contribution in [-0.2, 0) is 20.9 Å². The molecule has 44 heavy (non-hydrogen) atoms. The fraction of sp³-hybridized carbons (Fsp3) is 0.0882. The van der Waals surface area contributed by atoms with E-state index in [1.165, 1.54) is 18.2 Å². The van der Waals surface area contributed by atoms with Crippen LogP contribution in [0.4, 0.5) is 5.69 Å². The molecule has 0 radical (unpaired) electrons. The first-order chi connectivity index (χ1) is 21.3. The highest BCUT2D eigenvalue weighted by atomic mass is 16.5. The Morgan fingerprint density at radius 1 is 0.818 bits per heavy atom. The first kappa shape index (κ1) is 29.5. The van der Waals surface area contributed by atoms with Gasteiger partial charge in [-0.25, -0.2) is 4.79 Å². The van der Waals surface area contributed by atoms with Crippen molar-refractivity contribution >= 4 is 40.3 Å². The quantitative estimate of drug-likeness (QED) is 0.171. The minimum absolute atomic E-state index is 0.0116. The van der Waals surface area contributed by atoms with Gasteiger partial charge in [-0.2, -0.15) is 0 Å². The number of carboxylic acids is 1. The number of nitrogens with one attached hydrogen (secondary N) is 3. The van der Waals surface area contributed by atoms with E-state index in [-0.39, 0.29) is 23.2 Å². The Kier molecular flexibility index (Phi) is 8.91. The molecular weight excluding hydrogens is 562 g/mol. The summed E-state index contributed by atoms with van der Waals surface area (Å²) >= 11 is 0. The zero-order valence-electron chi connectivity index (χ0n) is 23.3. The van der Waals surface area contributed by atoms with Gasteiger partial charge in [0.15, 0.2) is 0 Å². The van der Waals surface area contributed by atoms with E-state index in [1.54, 1.807) is 48.5 Å². The Morgan fingerprint density at radius 3 is 2.16 bits per heavy atom. The van der Waals surface area contributed by atoms with Crippen LogP contribution >= 0.6 is 0 Å². The van der Waals surface area contributed by atoms with Gasteiger partial charge in [-0.3, -0.25) is 19.2 Å². The third-order valence-electron chi connectivity index (χ3n) is 6.87. The van der Waals surface area contributed by atoms with Gasteiger partial charge >= 0.3 is 11.9 Å². The lowest BCUT2D eigenvalue weighted by Crippen LogP contribution is -2.45. The van der Waals surface area contributed by atoms with Gasteiger partial charge in [0.05, 0.1) is 6.42 Å². The molecule has 10 nitrogen and oxygen atoms in total. The molecule has 0 aliphatic rings. The first-order valence-corrected chi connectivity index (χ1v) is 13.6. The molecule has 4 aromatic carbocycles. The van der Waals surface area contributed by atoms with E-state index in [2.05, 4.69) is 15.6 Å². The molecule has 2 amide bonds. The number of aromatic nitrogens is 1. The molecule has 0 unspecified atom stereocenters. The van der Waals surface area contributed by atoms with Crippen LogP contribution in [0.2, 0.25) is 0 Å². The molecule has 1 atom stereocenters. The number of fused-ring (bicyclic) bond motifs is 1. The van der Waals surface area contributed by atoms with Gasteiger partial charge < -0.3 is 25.5 Å². The number of ether oxygens (including phenoxy) is 1. The number of pyridine rings is 1. The zero-order chi connectivity index (χ0) is 31.1. The van der Waals surface area contributed by atoms with Crippen molar-refractivity contribution in [1.82, 2.24) is 10.3 Å². The number of esters is 1. The Hall–Kier alpha value is -6.03. The number of hydrogen-bond donors (Lipinski definition) is 4. The van der Waals surface area contributed by atoms with E-state index in [1.807, 2.05) is 36.4 Å². The number of rotatable bonds is 10. The molecule has 0 saturated heterocycles. The maximum atomic E-state index is 13.4. The second-order valence-corrected chi connectivity index (χ2v) is 9.91. The maximum absolute atomic E-state index is 13.4. The Morgan fingerprint density at radius 2 is 1.48 bits per heavy atom. The lowest BCUT2D eigenvalue weighted by atomic mass is 10.0. The minimum Gasteiger partial charge on any atom is -0.477 e. The summed E-state index contributed by atoms with van der Waals surface area (Å²) in [5.41, 5.74) is 2.26. The molecule has 5 rings (SSSR count). The summed E-state index contributed by atoms with van der Waals surface area (Å²) in [6.45, 7) is -0.0116. The minimum atomic E-state index is -1.39. The molecule has 4 N–H and O–H groups in total. The molecule has 0 fully saturated rings. The third-order valence-corrected chi connectivity index (χ3v) is 6.87. The summed E-state index contributed by atoms with van der Waals surface area (Å²) in [6.07, 6.45) is 0.633. The molecule has 10 heteroatoms. The summed E-state index contributed by atoms with van der Waals surface area (Å²) in [7, 11) is 0. The summed E-state index contributed by atoms with van der Waals surface area (Å²) in [6, 6.07) is 28.4. The van der Waals surface area contributed by atoms with E-state index in [0.717, 1.165) is 22.9 Å². The van der Waals surface area contributed by atoms with Crippen LogP contribution in [0.3, 0.4) is 0 Å². The van der Waals surface area contributed by atoms with Crippen LogP contribution < -0.4 is 16.1 Å². The lowest BCUT2D eigenvalue weighted by Gasteiger charge is -2.18. The molecular formula is C34H27N3O7. The SMILES string of the molecule is O=C(C[C@H](NC(=O)c1ccc(-c2ccccc2)cc1)C(=O)Nc1ccc2[nH]cc(C(=O)O)c(=O)c2c1)OCc1ccccc1. The highest BCUT2D eigenvalue weighted by molar-refractivity contribution is 6.03. The highest BCUT2D eigenvalue weighted by Gasteiger charge is 2.26. The molecule has 5 aromatic rings. The van der Waals surface area contributed by atoms with Gasteiger partial charge in [0, 0.05) is 28.4 Å². The molecule has 1 heterocycles. The van der Waals surface area contributed by atoms with Crippen molar-refractivity contribution in [2.24, 2.45) is 0 Å². The molecule has 1 aromatic heterocycles. The molecule has 0 bridgehead atoms. The standard InChI is InChI=1S/C34H27N3O7/c38-30(44-20-21-7-3-1-4-8-21)18-29(37-32(40)24-13-11-23(12-14-24)22-9-5-2-6-10-22)33(41)36-25-15-16-28-26(17-25)31(39)27(19-35-28)34(42)43/h1-17,19,29H,18,20H2,(H,35,39)(H,36,41)(H,37,40)(H,42,43)/t29-/m0/s1. The van der Waals surface area contributed by atoms with Crippen LogP contribution in [0, 0.1) is 0 Å². The van der Waals surface area contributed by atoms with Crippen molar-refractivity contribution in [3.8, 4) is 11.1 Å². The first-order valence-electron chi connectivity index (χ1n) is 13.6. The van der Waals surface area contributed by atoms with Crippen molar-refractivity contribution in [2.75, 3.05) is 5.32 Å². The van der Waals surface area contributed by atoms with Crippen LogP contribution in [0.1, 0.15) is 32.7 Å². The second kappa shape index (κ2) is 13.3. The topological polar surface area (TPSA) is 155 Å². The number of carboxylic acid groups (broad SMARTS) is 1. The zero-order valence-corrected chi connectivity index (χ0v) is 23.3. The third kappa shape index (κ3) is 7.05. The van der Waals surface area contributed by atoms with Crippen LogP contribution in [0.25, 0.3) is 22.0 Å². The van der Waals surface area contributed by atoms with Crippen LogP contribution in [0.15, 0.2) is 114 Å². The fourth-order valence-electron chi connectivity index (χ4n) is 4.54. The van der Waals surface area contributed by atoms with Gasteiger partial charge in [0.1, 0.15) is 18.2 Å². The number of aromatic carboxylic acids is 1. The maximum Gasteiger partial charge on any atom is 0.341 e. The van der Waals surface area contributed by atoms with E-state index in [9.17, 15) is 29.1 Å². The Bertz CT molecular complexity index is 1890. The lowest BCUT2D eigenvalue weighted by molar-refractivity contribution is -0.146. The summed E-state index contributed by atoms with van der Waals surface area (Å²) in [4.78, 5) is 66.2. The summed E-state index contributed by atoms with van der Waals surface area (Å²) in [5, 5.41) is 14.6. The highest BCUT2D eigenvalue weighted by Crippen LogP contribution is 2.20. The van der Waals surface area contributed by atoms with Gasteiger partial charge in [-0.15, -0.1) is 0 Å². The van der Waals surface area contributed by atoms with E-state index in [0.29, 0.717) is 5.52 Å². The molecule has 220 valence electrons. The monoisotopic (exact) mass is 589 g/mol. The van der Waals surface area contributed by atoms with E-state index < -0.39 is 47.2 Å². The number of anilines is 1. The Balaban J connectivity index is 1.35. The fourth-order valence-corrected chi connectivity index (χ4v) is 4.54. The average molecular weight is 590 g/mol. The smallest absolute Gasteiger partial charge is 0.341 e. The number of benzene rings is 4. The normalized spacial score (nSPS) is 11.4. The number of hydrogen-bond acceptors (Lipinski definition) is 6. The van der Waals surface area contributed by atoms with E-state index >= 15 is 0 Å².